The zero-order valence-corrected chi connectivity index (χ0v) is 6.62. The molecule has 1 unspecified atom stereocenters. The zero-order chi connectivity index (χ0) is 8.85. The molecule has 0 fully saturated rings. The highest BCUT2D eigenvalue weighted by molar-refractivity contribution is 5.71. The van der Waals surface area contributed by atoms with Crippen molar-refractivity contribution in [2.75, 3.05) is 7.11 Å². The van der Waals surface area contributed by atoms with Gasteiger partial charge in [-0.1, -0.05) is 6.92 Å². The lowest BCUT2D eigenvalue weighted by atomic mass is 10.1. The maximum absolute atomic E-state index is 10.5. The first kappa shape index (κ1) is 9.94. The first-order valence-electron chi connectivity index (χ1n) is 3.35. The summed E-state index contributed by atoms with van der Waals surface area (Å²) in [7, 11) is 1.27. The van der Waals surface area contributed by atoms with E-state index < -0.39 is 17.9 Å². The topological polar surface area (TPSA) is 66.4 Å². The van der Waals surface area contributed by atoms with Crippen molar-refractivity contribution in [3.63, 3.8) is 0 Å². The van der Waals surface area contributed by atoms with E-state index in [9.17, 15) is 14.7 Å². The van der Waals surface area contributed by atoms with E-state index >= 15 is 0 Å². The van der Waals surface area contributed by atoms with Crippen molar-refractivity contribution in [3.05, 3.63) is 0 Å². The number of ether oxygens (including phenoxy) is 1. The van der Waals surface area contributed by atoms with Crippen molar-refractivity contribution in [1.82, 2.24) is 0 Å². The highest BCUT2D eigenvalue weighted by Gasteiger charge is 2.06. The third kappa shape index (κ3) is 4.36. The van der Waals surface area contributed by atoms with Gasteiger partial charge in [-0.3, -0.25) is 4.79 Å². The average Bonchev–Trinajstić information content (AvgIpc) is 1.99. The number of esters is 1. The first-order valence-corrected chi connectivity index (χ1v) is 3.35. The smallest absolute Gasteiger partial charge is 0.305 e. The summed E-state index contributed by atoms with van der Waals surface area (Å²) in [5, 5.41) is 10.1. The van der Waals surface area contributed by atoms with Crippen LogP contribution in [0.25, 0.3) is 0 Å². The monoisotopic (exact) mass is 159 g/mol. The average molecular weight is 159 g/mol. The predicted octanol–water partition coefficient (Wildman–Crippen LogP) is -0.674. The van der Waals surface area contributed by atoms with Crippen LogP contribution in [0, 0.1) is 5.92 Å². The summed E-state index contributed by atoms with van der Waals surface area (Å²) in [5.41, 5.74) is 0. The van der Waals surface area contributed by atoms with Gasteiger partial charge in [0.1, 0.15) is 0 Å². The molecule has 0 bridgehead atoms. The van der Waals surface area contributed by atoms with Gasteiger partial charge in [-0.25, -0.2) is 0 Å². The van der Waals surface area contributed by atoms with Crippen LogP contribution in [0.5, 0.6) is 0 Å². The van der Waals surface area contributed by atoms with Crippen LogP contribution in [0.4, 0.5) is 0 Å². The van der Waals surface area contributed by atoms with E-state index in [1.54, 1.807) is 0 Å². The van der Waals surface area contributed by atoms with E-state index in [0.717, 1.165) is 0 Å². The standard InChI is InChI=1S/C7H12O4/c1-5(7(9)10)3-4-6(8)11-2/h5H,3-4H2,1-2H3,(H,9,10)/p-1. The molecule has 0 heterocycles. The highest BCUT2D eigenvalue weighted by Crippen LogP contribution is 2.04. The molecule has 0 saturated carbocycles. The number of carboxylic acid groups (broad SMARTS) is 1. The quantitative estimate of drug-likeness (QED) is 0.510. The Balaban J connectivity index is 3.54. The second-order valence-corrected chi connectivity index (χ2v) is 2.33. The summed E-state index contributed by atoms with van der Waals surface area (Å²) >= 11 is 0. The lowest BCUT2D eigenvalue weighted by molar-refractivity contribution is -0.311. The zero-order valence-electron chi connectivity index (χ0n) is 6.62. The number of carboxylic acids is 1. The number of carbonyl (C=O) groups excluding carboxylic acids is 2. The fourth-order valence-electron chi connectivity index (χ4n) is 0.554. The number of hydrogen-bond acceptors (Lipinski definition) is 4. The SMILES string of the molecule is COC(=O)CCC(C)C(=O)[O-]. The minimum absolute atomic E-state index is 0.131. The van der Waals surface area contributed by atoms with Crippen LogP contribution in [-0.4, -0.2) is 19.0 Å². The van der Waals surface area contributed by atoms with E-state index in [-0.39, 0.29) is 12.8 Å². The fourth-order valence-corrected chi connectivity index (χ4v) is 0.554. The number of hydrogen-bond donors (Lipinski definition) is 0. The van der Waals surface area contributed by atoms with Gasteiger partial charge in [-0.05, 0) is 12.3 Å². The Bertz CT molecular complexity index is 153. The molecule has 64 valence electrons. The molecule has 0 aliphatic heterocycles. The van der Waals surface area contributed by atoms with Crippen LogP contribution in [0.3, 0.4) is 0 Å². The number of aliphatic carboxylic acids is 1. The molecule has 0 amide bonds. The van der Waals surface area contributed by atoms with Crippen molar-refractivity contribution in [2.24, 2.45) is 5.92 Å². The predicted molar refractivity (Wildman–Crippen MR) is 35.4 cm³/mol. The van der Waals surface area contributed by atoms with Gasteiger partial charge in [0.2, 0.25) is 0 Å². The second kappa shape index (κ2) is 4.71. The van der Waals surface area contributed by atoms with Crippen molar-refractivity contribution in [1.29, 1.82) is 0 Å². The molecule has 4 nitrogen and oxygen atoms in total. The normalized spacial score (nSPS) is 12.2. The number of carbonyl (C=O) groups is 2. The van der Waals surface area contributed by atoms with Gasteiger partial charge in [-0.15, -0.1) is 0 Å². The molecule has 0 saturated heterocycles. The molecule has 0 aromatic rings. The number of rotatable bonds is 4. The van der Waals surface area contributed by atoms with E-state index in [4.69, 9.17) is 0 Å². The van der Waals surface area contributed by atoms with Crippen LogP contribution in [-0.2, 0) is 14.3 Å². The Kier molecular flexibility index (Phi) is 4.26. The van der Waals surface area contributed by atoms with E-state index in [1.807, 2.05) is 0 Å². The van der Waals surface area contributed by atoms with Crippen LogP contribution in [0.2, 0.25) is 0 Å². The van der Waals surface area contributed by atoms with Gasteiger partial charge >= 0.3 is 5.97 Å². The summed E-state index contributed by atoms with van der Waals surface area (Å²) in [6.07, 6.45) is 0.403. The second-order valence-electron chi connectivity index (χ2n) is 2.33. The Labute approximate surface area is 65.2 Å². The largest absolute Gasteiger partial charge is 0.550 e. The molecule has 0 radical (unpaired) electrons. The molecule has 0 rings (SSSR count). The van der Waals surface area contributed by atoms with Crippen molar-refractivity contribution >= 4 is 11.9 Å². The number of methoxy groups -OCH3 is 1. The summed E-state index contributed by atoms with van der Waals surface area (Å²) in [6.45, 7) is 1.50. The maximum atomic E-state index is 10.5. The van der Waals surface area contributed by atoms with Gasteiger partial charge in [0.05, 0.1) is 7.11 Å². The molecule has 0 spiro atoms. The van der Waals surface area contributed by atoms with Crippen molar-refractivity contribution in [3.8, 4) is 0 Å². The van der Waals surface area contributed by atoms with E-state index in [1.165, 1.54) is 14.0 Å². The van der Waals surface area contributed by atoms with Crippen molar-refractivity contribution in [2.45, 2.75) is 19.8 Å². The van der Waals surface area contributed by atoms with Crippen LogP contribution >= 0.6 is 0 Å². The van der Waals surface area contributed by atoms with Crippen LogP contribution < -0.4 is 5.11 Å². The maximum Gasteiger partial charge on any atom is 0.305 e. The van der Waals surface area contributed by atoms with Gasteiger partial charge in [-0.2, -0.15) is 0 Å². The molecule has 11 heavy (non-hydrogen) atoms. The third-order valence-electron chi connectivity index (χ3n) is 1.41. The lowest BCUT2D eigenvalue weighted by Gasteiger charge is -2.10. The van der Waals surface area contributed by atoms with E-state index in [0.29, 0.717) is 0 Å². The third-order valence-corrected chi connectivity index (χ3v) is 1.41. The first-order chi connectivity index (χ1) is 5.07. The Morgan fingerprint density at radius 2 is 2.09 bits per heavy atom. The molecule has 0 aromatic carbocycles. The highest BCUT2D eigenvalue weighted by atomic mass is 16.5. The molecule has 0 aliphatic carbocycles. The minimum atomic E-state index is -1.13. The molecular weight excluding hydrogens is 148 g/mol. The summed E-state index contributed by atoms with van der Waals surface area (Å²) in [5.74, 6) is -2.11. The lowest BCUT2D eigenvalue weighted by Crippen LogP contribution is -2.29. The Morgan fingerprint density at radius 3 is 2.45 bits per heavy atom. The van der Waals surface area contributed by atoms with Crippen molar-refractivity contribution < 1.29 is 19.4 Å². The summed E-state index contributed by atoms with van der Waals surface area (Å²) < 4.78 is 4.33. The summed E-state index contributed by atoms with van der Waals surface area (Å²) in [4.78, 5) is 20.6. The minimum Gasteiger partial charge on any atom is -0.550 e. The molecule has 1 atom stereocenters. The van der Waals surface area contributed by atoms with Gasteiger partial charge < -0.3 is 14.6 Å². The van der Waals surface area contributed by atoms with E-state index in [2.05, 4.69) is 4.74 Å². The van der Waals surface area contributed by atoms with Crippen LogP contribution in [0.15, 0.2) is 0 Å². The van der Waals surface area contributed by atoms with Gasteiger partial charge in [0.15, 0.2) is 0 Å². The molecule has 4 heteroatoms. The molecule has 0 aromatic heterocycles. The van der Waals surface area contributed by atoms with Gasteiger partial charge in [0, 0.05) is 12.4 Å². The summed E-state index contributed by atoms with van der Waals surface area (Å²) in [6, 6.07) is 0. The van der Waals surface area contributed by atoms with Crippen LogP contribution in [0.1, 0.15) is 19.8 Å². The van der Waals surface area contributed by atoms with Gasteiger partial charge in [0.25, 0.3) is 0 Å². The molecule has 0 aliphatic rings. The Hall–Kier alpha value is -1.06. The Morgan fingerprint density at radius 1 is 1.55 bits per heavy atom. The molecular formula is C7H11O4-. The fraction of sp³-hybridized carbons (Fsp3) is 0.714. The molecule has 0 N–H and O–H groups in total.